The zero-order valence-electron chi connectivity index (χ0n) is 8.66. The summed E-state index contributed by atoms with van der Waals surface area (Å²) in [7, 11) is 1.85. The number of benzene rings is 1. The largest absolute Gasteiger partial charge is 0.312 e. The van der Waals surface area contributed by atoms with Gasteiger partial charge in [-0.1, -0.05) is 12.1 Å². The van der Waals surface area contributed by atoms with Crippen molar-refractivity contribution >= 4 is 10.9 Å². The van der Waals surface area contributed by atoms with Gasteiger partial charge in [0.2, 0.25) is 0 Å². The smallest absolute Gasteiger partial charge is 0.149 e. The fraction of sp³-hybridized carbons (Fsp3) is 0.273. The minimum atomic E-state index is -0.306. The monoisotopic (exact) mass is 205 g/mol. The fourth-order valence-electron chi connectivity index (χ4n) is 1.55. The van der Waals surface area contributed by atoms with Crippen molar-refractivity contribution in [2.45, 2.75) is 13.0 Å². The number of hydrogen-bond acceptors (Lipinski definition) is 3. The van der Waals surface area contributed by atoms with E-state index in [0.717, 1.165) is 11.1 Å². The quantitative estimate of drug-likeness (QED) is 0.815. The topological polar surface area (TPSA) is 37.8 Å². The van der Waals surface area contributed by atoms with E-state index < -0.39 is 0 Å². The van der Waals surface area contributed by atoms with Crippen molar-refractivity contribution in [1.29, 1.82) is 0 Å². The predicted octanol–water partition coefficient (Wildman–Crippen LogP) is 2.05. The Hall–Kier alpha value is -1.55. The van der Waals surface area contributed by atoms with E-state index in [9.17, 15) is 4.39 Å². The van der Waals surface area contributed by atoms with Gasteiger partial charge >= 0.3 is 0 Å². The Balaban J connectivity index is 2.71. The molecule has 0 saturated carbocycles. The minimum absolute atomic E-state index is 0.0808. The first-order valence-electron chi connectivity index (χ1n) is 4.80. The molecule has 15 heavy (non-hydrogen) atoms. The Morgan fingerprint density at radius 3 is 2.87 bits per heavy atom. The summed E-state index contributed by atoms with van der Waals surface area (Å²) in [5.74, 6) is -0.306. The van der Waals surface area contributed by atoms with E-state index in [0.29, 0.717) is 5.52 Å². The van der Waals surface area contributed by atoms with Crippen LogP contribution in [0, 0.1) is 5.82 Å². The average molecular weight is 205 g/mol. The Labute approximate surface area is 87.4 Å². The van der Waals surface area contributed by atoms with Crippen LogP contribution < -0.4 is 5.32 Å². The standard InChI is InChI=1S/C11H12FN3/c1-7(13-2)10-8-4-3-5-9(12)11(8)15-6-14-10/h3-7,13H,1-2H3. The second kappa shape index (κ2) is 3.90. The summed E-state index contributed by atoms with van der Waals surface area (Å²) in [6.45, 7) is 1.98. The maximum atomic E-state index is 13.4. The number of nitrogens with zero attached hydrogens (tertiary/aromatic N) is 2. The average Bonchev–Trinajstić information content (AvgIpc) is 2.28. The summed E-state index contributed by atoms with van der Waals surface area (Å²) in [6, 6.07) is 5.00. The SMILES string of the molecule is CNC(C)c1ncnc2c(F)cccc12. The second-order valence-corrected chi connectivity index (χ2v) is 3.41. The molecule has 0 aliphatic rings. The van der Waals surface area contributed by atoms with E-state index in [1.807, 2.05) is 20.0 Å². The Kier molecular flexibility index (Phi) is 2.60. The molecule has 1 atom stereocenters. The third-order valence-corrected chi connectivity index (χ3v) is 2.49. The molecule has 2 rings (SSSR count). The minimum Gasteiger partial charge on any atom is -0.312 e. The maximum Gasteiger partial charge on any atom is 0.149 e. The molecule has 1 unspecified atom stereocenters. The molecule has 0 aliphatic carbocycles. The van der Waals surface area contributed by atoms with Crippen molar-refractivity contribution in [2.75, 3.05) is 7.05 Å². The van der Waals surface area contributed by atoms with E-state index in [-0.39, 0.29) is 11.9 Å². The molecular formula is C11H12FN3. The summed E-state index contributed by atoms with van der Waals surface area (Å²) >= 11 is 0. The fourth-order valence-corrected chi connectivity index (χ4v) is 1.55. The lowest BCUT2D eigenvalue weighted by molar-refractivity contribution is 0.627. The lowest BCUT2D eigenvalue weighted by atomic mass is 10.1. The van der Waals surface area contributed by atoms with E-state index in [1.54, 1.807) is 6.07 Å². The molecule has 0 aliphatic heterocycles. The van der Waals surface area contributed by atoms with Crippen LogP contribution in [0.25, 0.3) is 10.9 Å². The molecule has 1 heterocycles. The zero-order chi connectivity index (χ0) is 10.8. The normalized spacial score (nSPS) is 13.0. The summed E-state index contributed by atoms with van der Waals surface area (Å²) in [4.78, 5) is 8.12. The van der Waals surface area contributed by atoms with Crippen LogP contribution in [0.2, 0.25) is 0 Å². The van der Waals surface area contributed by atoms with E-state index in [1.165, 1.54) is 12.4 Å². The number of halogens is 1. The van der Waals surface area contributed by atoms with Gasteiger partial charge in [0.05, 0.1) is 5.69 Å². The first-order valence-corrected chi connectivity index (χ1v) is 4.80. The van der Waals surface area contributed by atoms with Gasteiger partial charge in [-0.05, 0) is 20.0 Å². The van der Waals surface area contributed by atoms with Gasteiger partial charge in [0.25, 0.3) is 0 Å². The van der Waals surface area contributed by atoms with Crippen LogP contribution in [0.5, 0.6) is 0 Å². The number of nitrogens with one attached hydrogen (secondary N) is 1. The number of hydrogen-bond donors (Lipinski definition) is 1. The van der Waals surface area contributed by atoms with Crippen molar-refractivity contribution in [3.05, 3.63) is 36.0 Å². The molecule has 2 aromatic rings. The van der Waals surface area contributed by atoms with Crippen LogP contribution in [0.3, 0.4) is 0 Å². The van der Waals surface area contributed by atoms with Crippen LogP contribution >= 0.6 is 0 Å². The third kappa shape index (κ3) is 1.68. The molecule has 0 bridgehead atoms. The van der Waals surface area contributed by atoms with Gasteiger partial charge in [-0.15, -0.1) is 0 Å². The van der Waals surface area contributed by atoms with Gasteiger partial charge in [0, 0.05) is 11.4 Å². The number of fused-ring (bicyclic) bond motifs is 1. The summed E-state index contributed by atoms with van der Waals surface area (Å²) in [5, 5.41) is 3.84. The summed E-state index contributed by atoms with van der Waals surface area (Å²) < 4.78 is 13.4. The zero-order valence-corrected chi connectivity index (χ0v) is 8.66. The Morgan fingerprint density at radius 2 is 2.13 bits per heavy atom. The molecule has 0 saturated heterocycles. The number of para-hydroxylation sites is 1. The van der Waals surface area contributed by atoms with Crippen molar-refractivity contribution in [3.63, 3.8) is 0 Å². The van der Waals surface area contributed by atoms with Crippen LogP contribution in [0.1, 0.15) is 18.7 Å². The molecule has 1 N–H and O–H groups in total. The number of aromatic nitrogens is 2. The maximum absolute atomic E-state index is 13.4. The lowest BCUT2D eigenvalue weighted by Gasteiger charge is -2.11. The lowest BCUT2D eigenvalue weighted by Crippen LogP contribution is -2.14. The molecule has 0 radical (unpaired) electrons. The molecular weight excluding hydrogens is 193 g/mol. The van der Waals surface area contributed by atoms with E-state index in [2.05, 4.69) is 15.3 Å². The van der Waals surface area contributed by atoms with Gasteiger partial charge < -0.3 is 5.32 Å². The molecule has 0 spiro atoms. The molecule has 1 aromatic carbocycles. The van der Waals surface area contributed by atoms with Gasteiger partial charge in [-0.2, -0.15) is 0 Å². The van der Waals surface area contributed by atoms with Gasteiger partial charge in [0.1, 0.15) is 17.7 Å². The van der Waals surface area contributed by atoms with E-state index >= 15 is 0 Å². The van der Waals surface area contributed by atoms with E-state index in [4.69, 9.17) is 0 Å². The van der Waals surface area contributed by atoms with Gasteiger partial charge in [0.15, 0.2) is 0 Å². The molecule has 0 amide bonds. The predicted molar refractivity (Wildman–Crippen MR) is 57.0 cm³/mol. The van der Waals surface area contributed by atoms with Crippen LogP contribution in [0.15, 0.2) is 24.5 Å². The molecule has 4 heteroatoms. The highest BCUT2D eigenvalue weighted by Gasteiger charge is 2.11. The first kappa shape index (κ1) is 9.98. The van der Waals surface area contributed by atoms with Crippen molar-refractivity contribution in [2.24, 2.45) is 0 Å². The highest BCUT2D eigenvalue weighted by molar-refractivity contribution is 5.81. The number of rotatable bonds is 2. The summed E-state index contributed by atoms with van der Waals surface area (Å²) in [6.07, 6.45) is 1.40. The third-order valence-electron chi connectivity index (χ3n) is 2.49. The van der Waals surface area contributed by atoms with Crippen LogP contribution in [0.4, 0.5) is 4.39 Å². The van der Waals surface area contributed by atoms with Crippen LogP contribution in [-0.2, 0) is 0 Å². The molecule has 3 nitrogen and oxygen atoms in total. The van der Waals surface area contributed by atoms with Gasteiger partial charge in [-0.25, -0.2) is 14.4 Å². The summed E-state index contributed by atoms with van der Waals surface area (Å²) in [5.41, 5.74) is 1.20. The van der Waals surface area contributed by atoms with Crippen molar-refractivity contribution in [1.82, 2.24) is 15.3 Å². The first-order chi connectivity index (χ1) is 7.24. The van der Waals surface area contributed by atoms with Crippen molar-refractivity contribution < 1.29 is 4.39 Å². The Morgan fingerprint density at radius 1 is 1.33 bits per heavy atom. The second-order valence-electron chi connectivity index (χ2n) is 3.41. The van der Waals surface area contributed by atoms with Crippen molar-refractivity contribution in [3.8, 4) is 0 Å². The van der Waals surface area contributed by atoms with Gasteiger partial charge in [-0.3, -0.25) is 0 Å². The molecule has 78 valence electrons. The van der Waals surface area contributed by atoms with Crippen LogP contribution in [-0.4, -0.2) is 17.0 Å². The highest BCUT2D eigenvalue weighted by Crippen LogP contribution is 2.21. The molecule has 0 fully saturated rings. The molecule has 1 aromatic heterocycles. The highest BCUT2D eigenvalue weighted by atomic mass is 19.1. The Bertz CT molecular complexity index is 484.